The number of hydrogen-bond acceptors (Lipinski definition) is 6. The number of anilines is 1. The summed E-state index contributed by atoms with van der Waals surface area (Å²) in [7, 11) is -3.72. The maximum absolute atomic E-state index is 12.1. The van der Waals surface area contributed by atoms with Crippen molar-refractivity contribution in [2.24, 2.45) is 0 Å². The van der Waals surface area contributed by atoms with E-state index in [2.05, 4.69) is 25.0 Å². The SMILES string of the molecule is CC(C)NCc1ccc(S(=O)(=O)Nc2cncnc2)nc1. The minimum absolute atomic E-state index is 0.0420. The van der Waals surface area contributed by atoms with Gasteiger partial charge in [0.1, 0.15) is 6.33 Å². The molecule has 7 nitrogen and oxygen atoms in total. The number of aromatic nitrogens is 3. The fraction of sp³-hybridized carbons (Fsp3) is 0.308. The Morgan fingerprint density at radius 3 is 2.43 bits per heavy atom. The average Bonchev–Trinajstić information content (AvgIpc) is 2.46. The fourth-order valence-electron chi connectivity index (χ4n) is 1.56. The lowest BCUT2D eigenvalue weighted by Gasteiger charge is -2.09. The van der Waals surface area contributed by atoms with Crippen LogP contribution in [0.2, 0.25) is 0 Å². The molecule has 0 spiro atoms. The molecule has 0 aliphatic rings. The van der Waals surface area contributed by atoms with E-state index in [4.69, 9.17) is 0 Å². The van der Waals surface area contributed by atoms with Crippen molar-refractivity contribution in [1.82, 2.24) is 20.3 Å². The van der Waals surface area contributed by atoms with Gasteiger partial charge in [0.15, 0.2) is 5.03 Å². The average molecular weight is 307 g/mol. The van der Waals surface area contributed by atoms with Gasteiger partial charge in [-0.05, 0) is 11.6 Å². The van der Waals surface area contributed by atoms with E-state index < -0.39 is 10.0 Å². The van der Waals surface area contributed by atoms with Crippen LogP contribution < -0.4 is 10.0 Å². The molecular weight excluding hydrogens is 290 g/mol. The number of nitrogens with zero attached hydrogens (tertiary/aromatic N) is 3. The highest BCUT2D eigenvalue weighted by Gasteiger charge is 2.15. The van der Waals surface area contributed by atoms with Gasteiger partial charge >= 0.3 is 0 Å². The Kier molecular flexibility index (Phi) is 4.81. The van der Waals surface area contributed by atoms with E-state index in [1.54, 1.807) is 12.3 Å². The van der Waals surface area contributed by atoms with E-state index >= 15 is 0 Å². The first kappa shape index (κ1) is 15.3. The van der Waals surface area contributed by atoms with Gasteiger partial charge in [-0.1, -0.05) is 19.9 Å². The van der Waals surface area contributed by atoms with Gasteiger partial charge in [0.25, 0.3) is 10.0 Å². The van der Waals surface area contributed by atoms with Crippen molar-refractivity contribution in [3.63, 3.8) is 0 Å². The molecule has 8 heteroatoms. The maximum atomic E-state index is 12.1. The van der Waals surface area contributed by atoms with E-state index in [1.807, 2.05) is 13.8 Å². The van der Waals surface area contributed by atoms with Crippen LogP contribution in [0.25, 0.3) is 0 Å². The number of hydrogen-bond donors (Lipinski definition) is 2. The second-order valence-corrected chi connectivity index (χ2v) is 6.40. The Labute approximate surface area is 123 Å². The molecule has 0 saturated carbocycles. The third-order valence-electron chi connectivity index (χ3n) is 2.60. The minimum Gasteiger partial charge on any atom is -0.310 e. The second kappa shape index (κ2) is 6.59. The fourth-order valence-corrected chi connectivity index (χ4v) is 2.51. The Balaban J connectivity index is 2.10. The van der Waals surface area contributed by atoms with Crippen molar-refractivity contribution >= 4 is 15.7 Å². The van der Waals surface area contributed by atoms with E-state index in [-0.39, 0.29) is 5.03 Å². The lowest BCUT2D eigenvalue weighted by molar-refractivity contribution is 0.585. The molecule has 2 aromatic rings. The molecule has 112 valence electrons. The zero-order valence-electron chi connectivity index (χ0n) is 11.8. The van der Waals surface area contributed by atoms with Gasteiger partial charge in [0.2, 0.25) is 0 Å². The molecule has 0 radical (unpaired) electrons. The molecule has 0 unspecified atom stereocenters. The number of pyridine rings is 1. The van der Waals surface area contributed by atoms with E-state index in [1.165, 1.54) is 24.8 Å². The summed E-state index contributed by atoms with van der Waals surface area (Å²) in [5.74, 6) is 0. The normalized spacial score (nSPS) is 11.6. The van der Waals surface area contributed by atoms with Gasteiger partial charge < -0.3 is 5.32 Å². The summed E-state index contributed by atoms with van der Waals surface area (Å²) in [6.45, 7) is 4.72. The molecule has 0 amide bonds. The molecule has 2 aromatic heterocycles. The Morgan fingerprint density at radius 2 is 1.86 bits per heavy atom. The molecule has 0 aliphatic heterocycles. The van der Waals surface area contributed by atoms with Crippen LogP contribution in [0.5, 0.6) is 0 Å². The van der Waals surface area contributed by atoms with Gasteiger partial charge in [-0.25, -0.2) is 15.0 Å². The molecule has 2 N–H and O–H groups in total. The van der Waals surface area contributed by atoms with Gasteiger partial charge in [0.05, 0.1) is 18.1 Å². The van der Waals surface area contributed by atoms with Crippen molar-refractivity contribution < 1.29 is 8.42 Å². The quantitative estimate of drug-likeness (QED) is 0.831. The molecule has 2 rings (SSSR count). The molecule has 0 atom stereocenters. The molecule has 2 heterocycles. The maximum Gasteiger partial charge on any atom is 0.279 e. The van der Waals surface area contributed by atoms with Crippen LogP contribution in [0.3, 0.4) is 0 Å². The van der Waals surface area contributed by atoms with Crippen LogP contribution >= 0.6 is 0 Å². The van der Waals surface area contributed by atoms with Crippen LogP contribution in [-0.4, -0.2) is 29.4 Å². The van der Waals surface area contributed by atoms with Gasteiger partial charge in [-0.2, -0.15) is 8.42 Å². The van der Waals surface area contributed by atoms with Crippen LogP contribution in [0.4, 0.5) is 5.69 Å². The Hall–Kier alpha value is -2.06. The summed E-state index contributed by atoms with van der Waals surface area (Å²) >= 11 is 0. The van der Waals surface area contributed by atoms with Crippen molar-refractivity contribution in [2.45, 2.75) is 31.5 Å². The zero-order chi connectivity index (χ0) is 15.3. The molecule has 0 aromatic carbocycles. The number of sulfonamides is 1. The first-order valence-electron chi connectivity index (χ1n) is 6.43. The standard InChI is InChI=1S/C13H17N5O2S/c1-10(2)16-5-11-3-4-13(17-6-11)21(19,20)18-12-7-14-9-15-8-12/h3-4,6-10,16,18H,5H2,1-2H3. The largest absolute Gasteiger partial charge is 0.310 e. The topological polar surface area (TPSA) is 96.9 Å². The van der Waals surface area contributed by atoms with E-state index in [0.29, 0.717) is 18.3 Å². The zero-order valence-corrected chi connectivity index (χ0v) is 12.6. The predicted molar refractivity (Wildman–Crippen MR) is 79.1 cm³/mol. The Bertz CT molecular complexity index is 671. The molecular formula is C13H17N5O2S. The highest BCUT2D eigenvalue weighted by molar-refractivity contribution is 7.92. The molecule has 0 aliphatic carbocycles. The Morgan fingerprint density at radius 1 is 1.14 bits per heavy atom. The summed E-state index contributed by atoms with van der Waals surface area (Å²) < 4.78 is 26.6. The monoisotopic (exact) mass is 307 g/mol. The lowest BCUT2D eigenvalue weighted by Crippen LogP contribution is -2.22. The van der Waals surface area contributed by atoms with Gasteiger partial charge in [0, 0.05) is 18.8 Å². The molecule has 0 saturated heterocycles. The first-order valence-corrected chi connectivity index (χ1v) is 7.92. The van der Waals surface area contributed by atoms with Crippen LogP contribution in [-0.2, 0) is 16.6 Å². The van der Waals surface area contributed by atoms with Crippen molar-refractivity contribution in [1.29, 1.82) is 0 Å². The third kappa shape index (κ3) is 4.47. The molecule has 21 heavy (non-hydrogen) atoms. The minimum atomic E-state index is -3.72. The molecule has 0 fully saturated rings. The summed E-state index contributed by atoms with van der Waals surface area (Å²) in [4.78, 5) is 11.5. The van der Waals surface area contributed by atoms with Crippen LogP contribution in [0.1, 0.15) is 19.4 Å². The van der Waals surface area contributed by atoms with E-state index in [9.17, 15) is 8.42 Å². The van der Waals surface area contributed by atoms with Gasteiger partial charge in [-0.15, -0.1) is 0 Å². The van der Waals surface area contributed by atoms with Gasteiger partial charge in [-0.3, -0.25) is 4.72 Å². The van der Waals surface area contributed by atoms with Crippen LogP contribution in [0.15, 0.2) is 42.1 Å². The summed E-state index contributed by atoms with van der Waals surface area (Å²) in [5.41, 5.74) is 1.22. The summed E-state index contributed by atoms with van der Waals surface area (Å²) in [5, 5.41) is 3.20. The van der Waals surface area contributed by atoms with Crippen LogP contribution in [0, 0.1) is 0 Å². The number of nitrogens with one attached hydrogen (secondary N) is 2. The predicted octanol–water partition coefficient (Wildman–Crippen LogP) is 1.17. The highest BCUT2D eigenvalue weighted by Crippen LogP contribution is 2.12. The van der Waals surface area contributed by atoms with Crippen molar-refractivity contribution in [3.05, 3.63) is 42.6 Å². The smallest absolute Gasteiger partial charge is 0.279 e. The van der Waals surface area contributed by atoms with Crippen molar-refractivity contribution in [3.8, 4) is 0 Å². The third-order valence-corrected chi connectivity index (χ3v) is 3.90. The first-order chi connectivity index (χ1) is 9.97. The van der Waals surface area contributed by atoms with Crippen molar-refractivity contribution in [2.75, 3.05) is 4.72 Å². The molecule has 0 bridgehead atoms. The highest BCUT2D eigenvalue weighted by atomic mass is 32.2. The second-order valence-electron chi connectivity index (χ2n) is 4.77. The summed E-state index contributed by atoms with van der Waals surface area (Å²) in [6.07, 6.45) is 5.63. The van der Waals surface area contributed by atoms with E-state index in [0.717, 1.165) is 5.56 Å². The number of rotatable bonds is 6. The summed E-state index contributed by atoms with van der Waals surface area (Å²) in [6, 6.07) is 3.56. The lowest BCUT2D eigenvalue weighted by atomic mass is 10.2.